The van der Waals surface area contributed by atoms with Gasteiger partial charge in [0.15, 0.2) is 0 Å². The average molecular weight is 409 g/mol. The van der Waals surface area contributed by atoms with Gasteiger partial charge in [0.05, 0.1) is 42.2 Å². The van der Waals surface area contributed by atoms with Gasteiger partial charge < -0.3 is 15.0 Å². The summed E-state index contributed by atoms with van der Waals surface area (Å²) in [6.45, 7) is 7.15. The van der Waals surface area contributed by atoms with Crippen molar-refractivity contribution >= 4 is 28.7 Å². The molecule has 0 atom stereocenters. The van der Waals surface area contributed by atoms with Crippen molar-refractivity contribution in [1.82, 2.24) is 9.97 Å². The van der Waals surface area contributed by atoms with E-state index in [9.17, 15) is 4.79 Å². The fourth-order valence-electron chi connectivity index (χ4n) is 3.32. The van der Waals surface area contributed by atoms with Crippen LogP contribution in [0.15, 0.2) is 42.6 Å². The SMILES string of the molecule is Cc1ccc(-c2nc(C)sc2CC(=O)Nc2ccc(N3CCOCC3)nc2)cc1. The Bertz CT molecular complexity index is 977. The zero-order chi connectivity index (χ0) is 20.2. The van der Waals surface area contributed by atoms with Crippen LogP contribution in [0, 0.1) is 13.8 Å². The molecule has 1 N–H and O–H groups in total. The lowest BCUT2D eigenvalue weighted by atomic mass is 10.1. The summed E-state index contributed by atoms with van der Waals surface area (Å²) >= 11 is 1.57. The summed E-state index contributed by atoms with van der Waals surface area (Å²) in [5.74, 6) is 0.842. The molecule has 0 spiro atoms. The Balaban J connectivity index is 1.43. The number of thiazole rings is 1. The molecule has 1 aliphatic rings. The third kappa shape index (κ3) is 4.81. The smallest absolute Gasteiger partial charge is 0.229 e. The lowest BCUT2D eigenvalue weighted by Gasteiger charge is -2.27. The highest BCUT2D eigenvalue weighted by Gasteiger charge is 2.16. The van der Waals surface area contributed by atoms with Gasteiger partial charge in [-0.05, 0) is 26.0 Å². The van der Waals surface area contributed by atoms with Gasteiger partial charge in [0.2, 0.25) is 5.91 Å². The minimum atomic E-state index is -0.0667. The minimum absolute atomic E-state index is 0.0667. The number of aryl methyl sites for hydroxylation is 2. The Morgan fingerprint density at radius 2 is 1.90 bits per heavy atom. The van der Waals surface area contributed by atoms with E-state index in [0.29, 0.717) is 12.1 Å². The number of anilines is 2. The maximum atomic E-state index is 12.6. The van der Waals surface area contributed by atoms with Gasteiger partial charge in [-0.25, -0.2) is 9.97 Å². The standard InChI is InChI=1S/C22H24N4O2S/c1-15-3-5-17(6-4-15)22-19(29-16(2)24-22)13-21(27)25-18-7-8-20(23-14-18)26-9-11-28-12-10-26/h3-8,14H,9-13H2,1-2H3,(H,25,27). The van der Waals surface area contributed by atoms with Crippen molar-refractivity contribution in [3.63, 3.8) is 0 Å². The Labute approximate surface area is 174 Å². The van der Waals surface area contributed by atoms with Gasteiger partial charge in [-0.15, -0.1) is 11.3 Å². The summed E-state index contributed by atoms with van der Waals surface area (Å²) in [4.78, 5) is 24.9. The molecule has 29 heavy (non-hydrogen) atoms. The number of pyridine rings is 1. The summed E-state index contributed by atoms with van der Waals surface area (Å²) in [6.07, 6.45) is 2.00. The first kappa shape index (κ1) is 19.5. The van der Waals surface area contributed by atoms with Crippen LogP contribution in [0.2, 0.25) is 0 Å². The topological polar surface area (TPSA) is 67.4 Å². The molecule has 3 aromatic rings. The molecule has 1 aliphatic heterocycles. The van der Waals surface area contributed by atoms with E-state index in [1.807, 2.05) is 19.1 Å². The molecule has 1 saturated heterocycles. The third-order valence-electron chi connectivity index (χ3n) is 4.82. The van der Waals surface area contributed by atoms with E-state index in [0.717, 1.165) is 53.3 Å². The molecular formula is C22H24N4O2S. The molecular weight excluding hydrogens is 384 g/mol. The number of carbonyl (C=O) groups is 1. The molecule has 4 rings (SSSR count). The van der Waals surface area contributed by atoms with Gasteiger partial charge >= 0.3 is 0 Å². The number of amides is 1. The maximum Gasteiger partial charge on any atom is 0.229 e. The molecule has 0 unspecified atom stereocenters. The van der Waals surface area contributed by atoms with E-state index in [-0.39, 0.29) is 5.91 Å². The summed E-state index contributed by atoms with van der Waals surface area (Å²) < 4.78 is 5.37. The highest BCUT2D eigenvalue weighted by molar-refractivity contribution is 7.12. The number of nitrogens with one attached hydrogen (secondary N) is 1. The Kier molecular flexibility index (Phi) is 5.87. The molecule has 1 amide bonds. The van der Waals surface area contributed by atoms with Crippen molar-refractivity contribution in [1.29, 1.82) is 0 Å². The predicted octanol–water partition coefficient (Wildman–Crippen LogP) is 3.84. The number of morpholine rings is 1. The second-order valence-corrected chi connectivity index (χ2v) is 8.39. The first-order chi connectivity index (χ1) is 14.1. The Morgan fingerprint density at radius 3 is 2.59 bits per heavy atom. The fraction of sp³-hybridized carbons (Fsp3) is 0.318. The van der Waals surface area contributed by atoms with Crippen LogP contribution in [0.1, 0.15) is 15.4 Å². The lowest BCUT2D eigenvalue weighted by molar-refractivity contribution is -0.115. The number of ether oxygens (including phenoxy) is 1. The van der Waals surface area contributed by atoms with Crippen LogP contribution < -0.4 is 10.2 Å². The van der Waals surface area contributed by atoms with Gasteiger partial charge in [-0.3, -0.25) is 4.79 Å². The van der Waals surface area contributed by atoms with Gasteiger partial charge in [0, 0.05) is 23.5 Å². The summed E-state index contributed by atoms with van der Waals surface area (Å²) in [6, 6.07) is 12.1. The van der Waals surface area contributed by atoms with Crippen molar-refractivity contribution in [3.8, 4) is 11.3 Å². The Hall–Kier alpha value is -2.77. The molecule has 1 aromatic carbocycles. The lowest BCUT2D eigenvalue weighted by Crippen LogP contribution is -2.36. The van der Waals surface area contributed by atoms with E-state index in [1.165, 1.54) is 5.56 Å². The summed E-state index contributed by atoms with van der Waals surface area (Å²) in [5, 5.41) is 3.91. The van der Waals surface area contributed by atoms with Gasteiger partial charge in [0.1, 0.15) is 5.82 Å². The van der Waals surface area contributed by atoms with Crippen LogP contribution in [-0.2, 0) is 16.0 Å². The Morgan fingerprint density at radius 1 is 1.14 bits per heavy atom. The number of rotatable bonds is 5. The van der Waals surface area contributed by atoms with Crippen LogP contribution in [-0.4, -0.2) is 42.2 Å². The van der Waals surface area contributed by atoms with Crippen LogP contribution in [0.5, 0.6) is 0 Å². The largest absolute Gasteiger partial charge is 0.378 e. The number of hydrogen-bond donors (Lipinski definition) is 1. The van der Waals surface area contributed by atoms with E-state index >= 15 is 0 Å². The molecule has 0 aliphatic carbocycles. The monoisotopic (exact) mass is 408 g/mol. The zero-order valence-corrected chi connectivity index (χ0v) is 17.5. The molecule has 1 fully saturated rings. The molecule has 0 bridgehead atoms. The molecule has 6 nitrogen and oxygen atoms in total. The van der Waals surface area contributed by atoms with Crippen LogP contribution >= 0.6 is 11.3 Å². The minimum Gasteiger partial charge on any atom is -0.378 e. The van der Waals surface area contributed by atoms with Crippen molar-refractivity contribution in [2.24, 2.45) is 0 Å². The zero-order valence-electron chi connectivity index (χ0n) is 16.6. The van der Waals surface area contributed by atoms with Crippen molar-refractivity contribution < 1.29 is 9.53 Å². The van der Waals surface area contributed by atoms with Crippen LogP contribution in [0.4, 0.5) is 11.5 Å². The van der Waals surface area contributed by atoms with E-state index in [2.05, 4.69) is 51.4 Å². The van der Waals surface area contributed by atoms with Gasteiger partial charge in [-0.1, -0.05) is 29.8 Å². The van der Waals surface area contributed by atoms with Crippen LogP contribution in [0.3, 0.4) is 0 Å². The normalized spacial score (nSPS) is 14.1. The van der Waals surface area contributed by atoms with E-state index < -0.39 is 0 Å². The number of carbonyl (C=O) groups excluding carboxylic acids is 1. The first-order valence-corrected chi connectivity index (χ1v) is 10.5. The van der Waals surface area contributed by atoms with Gasteiger partial charge in [-0.2, -0.15) is 0 Å². The molecule has 0 saturated carbocycles. The first-order valence-electron chi connectivity index (χ1n) is 9.70. The highest BCUT2D eigenvalue weighted by Crippen LogP contribution is 2.29. The molecule has 3 heterocycles. The quantitative estimate of drug-likeness (QED) is 0.695. The predicted molar refractivity (Wildman–Crippen MR) is 117 cm³/mol. The summed E-state index contributed by atoms with van der Waals surface area (Å²) in [5.41, 5.74) is 3.83. The second-order valence-electron chi connectivity index (χ2n) is 7.10. The van der Waals surface area contributed by atoms with Gasteiger partial charge in [0.25, 0.3) is 0 Å². The van der Waals surface area contributed by atoms with Crippen molar-refractivity contribution in [2.75, 3.05) is 36.5 Å². The molecule has 0 radical (unpaired) electrons. The number of nitrogens with zero attached hydrogens (tertiary/aromatic N) is 3. The molecule has 7 heteroatoms. The fourth-order valence-corrected chi connectivity index (χ4v) is 4.27. The van der Waals surface area contributed by atoms with Crippen molar-refractivity contribution in [2.45, 2.75) is 20.3 Å². The highest BCUT2D eigenvalue weighted by atomic mass is 32.1. The maximum absolute atomic E-state index is 12.6. The molecule has 150 valence electrons. The second kappa shape index (κ2) is 8.71. The van der Waals surface area contributed by atoms with Crippen molar-refractivity contribution in [3.05, 3.63) is 58.0 Å². The number of aromatic nitrogens is 2. The third-order valence-corrected chi connectivity index (χ3v) is 5.79. The average Bonchev–Trinajstić information content (AvgIpc) is 3.09. The molecule has 2 aromatic heterocycles. The van der Waals surface area contributed by atoms with Crippen LogP contribution in [0.25, 0.3) is 11.3 Å². The van der Waals surface area contributed by atoms with E-state index in [1.54, 1.807) is 17.5 Å². The van der Waals surface area contributed by atoms with E-state index in [4.69, 9.17) is 4.74 Å². The summed E-state index contributed by atoms with van der Waals surface area (Å²) in [7, 11) is 0. The number of benzene rings is 1. The number of hydrogen-bond acceptors (Lipinski definition) is 6.